The van der Waals surface area contributed by atoms with Gasteiger partial charge in [0.25, 0.3) is 5.91 Å². The number of carbonyl (C=O) groups is 2. The van der Waals surface area contributed by atoms with E-state index in [0.29, 0.717) is 30.3 Å². The van der Waals surface area contributed by atoms with E-state index in [4.69, 9.17) is 14.2 Å². The van der Waals surface area contributed by atoms with Gasteiger partial charge in [-0.05, 0) is 86.8 Å². The van der Waals surface area contributed by atoms with Crippen molar-refractivity contribution in [3.63, 3.8) is 0 Å². The zero-order valence-electron chi connectivity index (χ0n) is 16.9. The van der Waals surface area contributed by atoms with Crippen molar-refractivity contribution in [2.45, 2.75) is 51.5 Å². The van der Waals surface area contributed by atoms with Gasteiger partial charge in [0.1, 0.15) is 13.2 Å². The molecule has 0 aromatic heterocycles. The number of carbonyl (C=O) groups excluding carboxylic acids is 2. The van der Waals surface area contributed by atoms with Gasteiger partial charge in [-0.15, -0.1) is 0 Å². The second-order valence-corrected chi connectivity index (χ2v) is 9.50. The number of hydrogen-bond acceptors (Lipinski definition) is 5. The molecule has 1 atom stereocenters. The van der Waals surface area contributed by atoms with Gasteiger partial charge in [-0.1, -0.05) is 0 Å². The fourth-order valence-electron chi connectivity index (χ4n) is 6.53. The van der Waals surface area contributed by atoms with Gasteiger partial charge in [-0.2, -0.15) is 0 Å². The van der Waals surface area contributed by atoms with Crippen LogP contribution in [0, 0.1) is 23.2 Å². The lowest BCUT2D eigenvalue weighted by atomic mass is 9.48. The standard InChI is InChI=1S/C23H29NO5/c1-14(23-10-15-6-16(11-23)8-17(7-15)12-23)24-21(25)13-29-22(26)18-2-3-19-20(9-18)28-5-4-27-19/h2-3,9,14-17H,4-8,10-13H2,1H3,(H,24,25)/t14-,15?,16?,17?,23?/m1/s1. The summed E-state index contributed by atoms with van der Waals surface area (Å²) in [5.74, 6) is 2.93. The number of nitrogens with one attached hydrogen (secondary N) is 1. The van der Waals surface area contributed by atoms with Crippen LogP contribution in [0.4, 0.5) is 0 Å². The van der Waals surface area contributed by atoms with Crippen molar-refractivity contribution in [2.24, 2.45) is 23.2 Å². The highest BCUT2D eigenvalue weighted by molar-refractivity contribution is 5.92. The Labute approximate surface area is 171 Å². The number of rotatable bonds is 5. The molecule has 0 saturated heterocycles. The van der Waals surface area contributed by atoms with Crippen molar-refractivity contribution in [3.8, 4) is 11.5 Å². The molecule has 1 aromatic carbocycles. The number of amides is 1. The number of esters is 1. The molecule has 156 valence electrons. The Balaban J connectivity index is 1.16. The lowest BCUT2D eigenvalue weighted by Crippen LogP contribution is -2.56. The minimum absolute atomic E-state index is 0.122. The molecule has 1 amide bonds. The van der Waals surface area contributed by atoms with E-state index in [1.807, 2.05) is 0 Å². The highest BCUT2D eigenvalue weighted by Gasteiger charge is 2.53. The third-order valence-electron chi connectivity index (χ3n) is 7.49. The molecule has 1 N–H and O–H groups in total. The maximum absolute atomic E-state index is 12.5. The van der Waals surface area contributed by atoms with Gasteiger partial charge in [0.05, 0.1) is 5.56 Å². The lowest BCUT2D eigenvalue weighted by molar-refractivity contribution is -0.128. The van der Waals surface area contributed by atoms with Crippen LogP contribution in [0.5, 0.6) is 11.5 Å². The molecule has 29 heavy (non-hydrogen) atoms. The van der Waals surface area contributed by atoms with Gasteiger partial charge >= 0.3 is 5.97 Å². The molecule has 4 saturated carbocycles. The van der Waals surface area contributed by atoms with Crippen LogP contribution in [-0.2, 0) is 9.53 Å². The average molecular weight is 399 g/mol. The Bertz CT molecular complexity index is 784. The third-order valence-corrected chi connectivity index (χ3v) is 7.49. The fraction of sp³-hybridized carbons (Fsp3) is 0.652. The van der Waals surface area contributed by atoms with Crippen LogP contribution in [0.25, 0.3) is 0 Å². The molecule has 0 spiro atoms. The second-order valence-electron chi connectivity index (χ2n) is 9.50. The van der Waals surface area contributed by atoms with Crippen molar-refractivity contribution in [1.82, 2.24) is 5.32 Å². The largest absolute Gasteiger partial charge is 0.486 e. The summed E-state index contributed by atoms with van der Waals surface area (Å²) >= 11 is 0. The van der Waals surface area contributed by atoms with Gasteiger partial charge in [-0.3, -0.25) is 4.79 Å². The van der Waals surface area contributed by atoms with E-state index in [1.165, 1.54) is 38.5 Å². The molecule has 0 radical (unpaired) electrons. The maximum atomic E-state index is 12.5. The van der Waals surface area contributed by atoms with E-state index in [1.54, 1.807) is 18.2 Å². The number of hydrogen-bond donors (Lipinski definition) is 1. The van der Waals surface area contributed by atoms with Crippen LogP contribution in [-0.4, -0.2) is 37.7 Å². The first-order valence-electron chi connectivity index (χ1n) is 10.9. The zero-order valence-corrected chi connectivity index (χ0v) is 16.9. The van der Waals surface area contributed by atoms with Crippen molar-refractivity contribution >= 4 is 11.9 Å². The number of ether oxygens (including phenoxy) is 3. The molecule has 4 fully saturated rings. The van der Waals surface area contributed by atoms with Gasteiger partial charge in [-0.25, -0.2) is 4.79 Å². The summed E-state index contributed by atoms with van der Waals surface area (Å²) in [7, 11) is 0. The summed E-state index contributed by atoms with van der Waals surface area (Å²) < 4.78 is 16.2. The number of benzene rings is 1. The van der Waals surface area contributed by atoms with Gasteiger partial charge in [0, 0.05) is 6.04 Å². The van der Waals surface area contributed by atoms with Crippen molar-refractivity contribution < 1.29 is 23.8 Å². The molecule has 1 aromatic rings. The Morgan fingerprint density at radius 2 is 1.69 bits per heavy atom. The molecule has 6 nitrogen and oxygen atoms in total. The summed E-state index contributed by atoms with van der Waals surface area (Å²) in [6.45, 7) is 2.83. The molecule has 1 aliphatic heterocycles. The van der Waals surface area contributed by atoms with E-state index in [2.05, 4.69) is 12.2 Å². The molecule has 5 aliphatic rings. The highest BCUT2D eigenvalue weighted by atomic mass is 16.6. The molecular formula is C23H29NO5. The van der Waals surface area contributed by atoms with Gasteiger partial charge in [0.2, 0.25) is 0 Å². The monoisotopic (exact) mass is 399 g/mol. The molecular weight excluding hydrogens is 370 g/mol. The summed E-state index contributed by atoms with van der Waals surface area (Å²) in [4.78, 5) is 24.8. The van der Waals surface area contributed by atoms with Crippen LogP contribution >= 0.6 is 0 Å². The van der Waals surface area contributed by atoms with E-state index in [0.717, 1.165) is 17.8 Å². The predicted octanol–water partition coefficient (Wildman–Crippen LogP) is 3.34. The van der Waals surface area contributed by atoms with E-state index >= 15 is 0 Å². The third kappa shape index (κ3) is 3.58. The zero-order chi connectivity index (χ0) is 20.0. The second kappa shape index (κ2) is 7.22. The topological polar surface area (TPSA) is 73.9 Å². The Morgan fingerprint density at radius 3 is 2.34 bits per heavy atom. The highest BCUT2D eigenvalue weighted by Crippen LogP contribution is 2.61. The van der Waals surface area contributed by atoms with Crippen LogP contribution in [0.3, 0.4) is 0 Å². The normalized spacial score (nSPS) is 32.5. The Morgan fingerprint density at radius 1 is 1.07 bits per heavy atom. The van der Waals surface area contributed by atoms with Crippen molar-refractivity contribution in [1.29, 1.82) is 0 Å². The van der Waals surface area contributed by atoms with Gasteiger partial charge in [0.15, 0.2) is 18.1 Å². The molecule has 6 rings (SSSR count). The number of fused-ring (bicyclic) bond motifs is 1. The maximum Gasteiger partial charge on any atom is 0.338 e. The van der Waals surface area contributed by atoms with Crippen LogP contribution < -0.4 is 14.8 Å². The first kappa shape index (κ1) is 18.8. The SMILES string of the molecule is C[C@@H](NC(=O)COC(=O)c1ccc2c(c1)OCCO2)C12CC3CC(CC(C3)C1)C2. The van der Waals surface area contributed by atoms with E-state index in [9.17, 15) is 9.59 Å². The van der Waals surface area contributed by atoms with Gasteiger partial charge < -0.3 is 19.5 Å². The Kier molecular flexibility index (Phi) is 4.67. The first-order valence-corrected chi connectivity index (χ1v) is 10.9. The molecule has 6 heteroatoms. The summed E-state index contributed by atoms with van der Waals surface area (Å²) in [6, 6.07) is 5.05. The fourth-order valence-corrected chi connectivity index (χ4v) is 6.53. The molecule has 4 bridgehead atoms. The lowest BCUT2D eigenvalue weighted by Gasteiger charge is -2.59. The summed E-state index contributed by atoms with van der Waals surface area (Å²) in [6.07, 6.45) is 7.85. The average Bonchev–Trinajstić information content (AvgIpc) is 2.70. The molecule has 0 unspecified atom stereocenters. The quantitative estimate of drug-likeness (QED) is 0.769. The summed E-state index contributed by atoms with van der Waals surface area (Å²) in [5, 5.41) is 3.13. The van der Waals surface area contributed by atoms with Crippen molar-refractivity contribution in [2.75, 3.05) is 19.8 Å². The van der Waals surface area contributed by atoms with Crippen molar-refractivity contribution in [3.05, 3.63) is 23.8 Å². The first-order chi connectivity index (χ1) is 14.0. The minimum Gasteiger partial charge on any atom is -0.486 e. The molecule has 1 heterocycles. The molecule has 4 aliphatic carbocycles. The van der Waals surface area contributed by atoms with Crippen LogP contribution in [0.2, 0.25) is 0 Å². The van der Waals surface area contributed by atoms with E-state index in [-0.39, 0.29) is 24.0 Å². The van der Waals surface area contributed by atoms with Crippen LogP contribution in [0.1, 0.15) is 55.8 Å². The van der Waals surface area contributed by atoms with E-state index < -0.39 is 5.97 Å². The predicted molar refractivity (Wildman–Crippen MR) is 106 cm³/mol. The smallest absolute Gasteiger partial charge is 0.338 e. The summed E-state index contributed by atoms with van der Waals surface area (Å²) in [5.41, 5.74) is 0.598. The minimum atomic E-state index is -0.528. The van der Waals surface area contributed by atoms with Crippen LogP contribution in [0.15, 0.2) is 18.2 Å². The Hall–Kier alpha value is -2.24.